The zero-order valence-electron chi connectivity index (χ0n) is 10.3. The number of alkyl halides is 3. The number of anilines is 1. The van der Waals surface area contributed by atoms with Gasteiger partial charge in [0.2, 0.25) is 0 Å². The Balaban J connectivity index is 2.11. The van der Waals surface area contributed by atoms with Crippen molar-refractivity contribution in [2.24, 2.45) is 0 Å². The second-order valence-corrected chi connectivity index (χ2v) is 6.68. The Kier molecular flexibility index (Phi) is 4.73. The zero-order valence-corrected chi connectivity index (χ0v) is 12.7. The number of nitro groups is 1. The summed E-state index contributed by atoms with van der Waals surface area (Å²) in [6, 6.07) is 4.04. The smallest absolute Gasteiger partial charge is 0.419 e. The fourth-order valence-electron chi connectivity index (χ4n) is 1.46. The van der Waals surface area contributed by atoms with Crippen LogP contribution in [0.5, 0.6) is 5.75 Å². The maximum atomic E-state index is 12.5. The van der Waals surface area contributed by atoms with Gasteiger partial charge in [0.05, 0.1) is 14.7 Å². The summed E-state index contributed by atoms with van der Waals surface area (Å²) in [6.07, 6.45) is -4.64. The van der Waals surface area contributed by atoms with Gasteiger partial charge in [-0.2, -0.15) is 13.2 Å². The molecule has 1 heterocycles. The van der Waals surface area contributed by atoms with Crippen molar-refractivity contribution >= 4 is 46.3 Å². The molecule has 22 heavy (non-hydrogen) atoms. The highest BCUT2D eigenvalue weighted by Crippen LogP contribution is 2.40. The average Bonchev–Trinajstić information content (AvgIpc) is 2.76. The predicted octanol–water partition coefficient (Wildman–Crippen LogP) is 5.15. The lowest BCUT2D eigenvalue weighted by Gasteiger charge is -2.10. The minimum absolute atomic E-state index is 0.00423. The third-order valence-electron chi connectivity index (χ3n) is 2.42. The van der Waals surface area contributed by atoms with Crippen LogP contribution in [0.4, 0.5) is 24.5 Å². The number of halogens is 4. The first-order chi connectivity index (χ1) is 10.2. The lowest BCUT2D eigenvalue weighted by Crippen LogP contribution is -2.05. The first-order valence-corrected chi connectivity index (χ1v) is 7.46. The summed E-state index contributed by atoms with van der Waals surface area (Å²) in [5.74, 6) is -0.909. The van der Waals surface area contributed by atoms with Crippen LogP contribution in [0.15, 0.2) is 28.5 Å². The van der Waals surface area contributed by atoms with E-state index in [0.717, 1.165) is 41.5 Å². The molecule has 1 aromatic carbocycles. The van der Waals surface area contributed by atoms with Gasteiger partial charge in [0.1, 0.15) is 5.75 Å². The molecule has 0 radical (unpaired) electrons. The Morgan fingerprint density at radius 3 is 2.55 bits per heavy atom. The van der Waals surface area contributed by atoms with Gasteiger partial charge in [0, 0.05) is 17.8 Å². The van der Waals surface area contributed by atoms with E-state index in [9.17, 15) is 28.4 Å². The molecule has 0 saturated heterocycles. The van der Waals surface area contributed by atoms with E-state index >= 15 is 0 Å². The summed E-state index contributed by atoms with van der Waals surface area (Å²) in [4.78, 5) is 10.0. The molecule has 5 nitrogen and oxygen atoms in total. The number of hydrogen-bond donors (Lipinski definition) is 2. The maximum absolute atomic E-state index is 12.5. The number of hydrogen-bond acceptors (Lipinski definition) is 6. The number of aromatic hydroxyl groups is 1. The van der Waals surface area contributed by atoms with Crippen molar-refractivity contribution < 1.29 is 23.2 Å². The van der Waals surface area contributed by atoms with Crippen molar-refractivity contribution in [1.82, 2.24) is 0 Å². The van der Waals surface area contributed by atoms with Gasteiger partial charge in [-0.25, -0.2) is 0 Å². The van der Waals surface area contributed by atoms with Crippen LogP contribution >= 0.6 is 34.9 Å². The Morgan fingerprint density at radius 2 is 2.05 bits per heavy atom. The van der Waals surface area contributed by atoms with Gasteiger partial charge in [-0.1, -0.05) is 11.6 Å². The fourth-order valence-corrected chi connectivity index (χ4v) is 3.61. The summed E-state index contributed by atoms with van der Waals surface area (Å²) in [5, 5.41) is 20.0. The maximum Gasteiger partial charge on any atom is 0.419 e. The van der Waals surface area contributed by atoms with Gasteiger partial charge in [0.15, 0.2) is 4.34 Å². The van der Waals surface area contributed by atoms with E-state index < -0.39 is 22.4 Å². The minimum atomic E-state index is -4.64. The van der Waals surface area contributed by atoms with Gasteiger partial charge in [-0.05, 0) is 24.1 Å². The number of nitrogens with one attached hydrogen (secondary N) is 1. The van der Waals surface area contributed by atoms with Crippen molar-refractivity contribution in [3.05, 3.63) is 44.3 Å². The Labute approximate surface area is 135 Å². The van der Waals surface area contributed by atoms with Crippen molar-refractivity contribution in [2.45, 2.75) is 10.4 Å². The van der Waals surface area contributed by atoms with E-state index in [2.05, 4.69) is 4.72 Å². The van der Waals surface area contributed by atoms with Gasteiger partial charge in [-0.3, -0.25) is 10.1 Å². The van der Waals surface area contributed by atoms with Crippen LogP contribution in [0.25, 0.3) is 0 Å². The van der Waals surface area contributed by atoms with Crippen molar-refractivity contribution in [1.29, 1.82) is 0 Å². The first kappa shape index (κ1) is 16.7. The highest BCUT2D eigenvalue weighted by molar-refractivity contribution is 8.02. The van der Waals surface area contributed by atoms with E-state index in [1.807, 2.05) is 0 Å². The predicted molar refractivity (Wildman–Crippen MR) is 78.6 cm³/mol. The first-order valence-electron chi connectivity index (χ1n) is 5.45. The van der Waals surface area contributed by atoms with Crippen molar-refractivity contribution in [2.75, 3.05) is 4.72 Å². The number of rotatable bonds is 4. The number of thiophene rings is 1. The van der Waals surface area contributed by atoms with Crippen LogP contribution in [0, 0.1) is 10.1 Å². The molecule has 1 aromatic heterocycles. The van der Waals surface area contributed by atoms with Crippen LogP contribution < -0.4 is 4.72 Å². The molecule has 2 N–H and O–H groups in total. The Morgan fingerprint density at radius 1 is 1.36 bits per heavy atom. The molecule has 0 amide bonds. The summed E-state index contributed by atoms with van der Waals surface area (Å²) in [5.41, 5.74) is -1.17. The van der Waals surface area contributed by atoms with Gasteiger partial charge < -0.3 is 9.83 Å². The van der Waals surface area contributed by atoms with Crippen LogP contribution in [0.1, 0.15) is 5.56 Å². The molecule has 2 rings (SSSR count). The Hall–Kier alpha value is -1.65. The summed E-state index contributed by atoms with van der Waals surface area (Å²) in [7, 11) is 0. The van der Waals surface area contributed by atoms with Crippen LogP contribution in [0.3, 0.4) is 0 Å². The quantitative estimate of drug-likeness (QED) is 0.442. The summed E-state index contributed by atoms with van der Waals surface area (Å²) < 4.78 is 40.6. The van der Waals surface area contributed by atoms with Crippen LogP contribution in [-0.4, -0.2) is 10.0 Å². The zero-order chi connectivity index (χ0) is 16.5. The van der Waals surface area contributed by atoms with Crippen LogP contribution in [0.2, 0.25) is 4.34 Å². The molecule has 0 fully saturated rings. The molecule has 0 saturated carbocycles. The summed E-state index contributed by atoms with van der Waals surface area (Å²) in [6.45, 7) is 0. The number of benzene rings is 1. The topological polar surface area (TPSA) is 75.4 Å². The molecule has 0 bridgehead atoms. The summed E-state index contributed by atoms with van der Waals surface area (Å²) >= 11 is 7.58. The van der Waals surface area contributed by atoms with Gasteiger partial charge in [0.25, 0.3) is 5.69 Å². The lowest BCUT2D eigenvalue weighted by atomic mass is 10.2. The highest BCUT2D eigenvalue weighted by atomic mass is 35.5. The molecule has 0 aliphatic rings. The molecule has 0 aliphatic heterocycles. The van der Waals surface area contributed by atoms with Gasteiger partial charge >= 0.3 is 6.18 Å². The molecule has 0 unspecified atom stereocenters. The van der Waals surface area contributed by atoms with E-state index in [4.69, 9.17) is 11.6 Å². The molecular weight excluding hydrogens is 365 g/mol. The molecule has 11 heteroatoms. The second kappa shape index (κ2) is 6.23. The second-order valence-electron chi connectivity index (χ2n) is 3.92. The fraction of sp³-hybridized carbons (Fsp3) is 0.0909. The van der Waals surface area contributed by atoms with E-state index in [0.29, 0.717) is 4.21 Å². The normalized spacial score (nSPS) is 11.5. The van der Waals surface area contributed by atoms with Gasteiger partial charge in [-0.15, -0.1) is 11.3 Å². The lowest BCUT2D eigenvalue weighted by molar-refractivity contribution is -0.384. The number of nitrogens with zero attached hydrogens (tertiary/aromatic N) is 1. The molecule has 0 spiro atoms. The van der Waals surface area contributed by atoms with Crippen LogP contribution in [-0.2, 0) is 6.18 Å². The average molecular weight is 371 g/mol. The van der Waals surface area contributed by atoms with E-state index in [1.165, 1.54) is 6.07 Å². The molecule has 2 aromatic rings. The van der Waals surface area contributed by atoms with E-state index in [1.54, 1.807) is 0 Å². The molecule has 0 aliphatic carbocycles. The molecule has 118 valence electrons. The third-order valence-corrected chi connectivity index (χ3v) is 4.70. The number of phenolic OH excluding ortho intramolecular Hbond substituents is 1. The largest absolute Gasteiger partial charge is 0.507 e. The van der Waals surface area contributed by atoms with Crippen molar-refractivity contribution in [3.8, 4) is 5.75 Å². The number of phenols is 1. The standard InChI is InChI=1S/C11H6ClF3N2O3S2/c12-10-7(17(19)20)4-9(21-10)22-16-5-1-2-6(8(18)3-5)11(13,14)15/h1-4,16,18H. The van der Waals surface area contributed by atoms with Crippen molar-refractivity contribution in [3.63, 3.8) is 0 Å². The SMILES string of the molecule is O=[N+]([O-])c1cc(SNc2ccc(C(F)(F)F)c(O)c2)sc1Cl. The molecular formula is C11H6ClF3N2O3S2. The highest BCUT2D eigenvalue weighted by Gasteiger charge is 2.33. The minimum Gasteiger partial charge on any atom is -0.507 e. The third kappa shape index (κ3) is 3.76. The molecule has 0 atom stereocenters. The van der Waals surface area contributed by atoms with E-state index in [-0.39, 0.29) is 15.7 Å². The monoisotopic (exact) mass is 370 g/mol. The Bertz CT molecular complexity index is 721.